The molecular weight excluding hydrogens is 164 g/mol. The first-order chi connectivity index (χ1) is 5.04. The molecular formula is C6H8N2O2S. The Kier molecular flexibility index (Phi) is 1.90. The first-order valence-corrected chi connectivity index (χ1v) is 3.46. The van der Waals surface area contributed by atoms with E-state index in [2.05, 4.69) is 17.8 Å². The van der Waals surface area contributed by atoms with Crippen LogP contribution in [0.15, 0.2) is 9.59 Å². The second-order valence-electron chi connectivity index (χ2n) is 2.28. The summed E-state index contributed by atoms with van der Waals surface area (Å²) in [5, 5.41) is 0. The number of aromatic nitrogens is 2. The second-order valence-corrected chi connectivity index (χ2v) is 2.68. The van der Waals surface area contributed by atoms with Crippen LogP contribution in [-0.4, -0.2) is 8.96 Å². The molecule has 0 aliphatic heterocycles. The molecule has 1 N–H and O–H groups in total. The minimum Gasteiger partial charge on any atom is -0.273 e. The molecule has 60 valence electrons. The van der Waals surface area contributed by atoms with Crippen molar-refractivity contribution in [2.24, 2.45) is 0 Å². The lowest BCUT2D eigenvalue weighted by Crippen LogP contribution is -2.29. The lowest BCUT2D eigenvalue weighted by atomic mass is 10.3. The average Bonchev–Trinajstić information content (AvgIpc) is 1.97. The van der Waals surface area contributed by atoms with E-state index in [1.54, 1.807) is 13.8 Å². The highest BCUT2D eigenvalue weighted by atomic mass is 32.1. The van der Waals surface area contributed by atoms with Gasteiger partial charge >= 0.3 is 5.69 Å². The van der Waals surface area contributed by atoms with Gasteiger partial charge in [-0.1, -0.05) is 12.8 Å². The van der Waals surface area contributed by atoms with Crippen molar-refractivity contribution in [1.82, 2.24) is 8.96 Å². The third-order valence-electron chi connectivity index (χ3n) is 1.61. The van der Waals surface area contributed by atoms with Crippen LogP contribution in [0.25, 0.3) is 0 Å². The van der Waals surface area contributed by atoms with Crippen molar-refractivity contribution in [3.8, 4) is 0 Å². The van der Waals surface area contributed by atoms with Gasteiger partial charge in [-0.2, -0.15) is 0 Å². The molecule has 1 aromatic rings. The van der Waals surface area contributed by atoms with Gasteiger partial charge in [0.2, 0.25) is 0 Å². The molecule has 0 bridgehead atoms. The maximum absolute atomic E-state index is 10.9. The van der Waals surface area contributed by atoms with Gasteiger partial charge in [0.15, 0.2) is 0 Å². The van der Waals surface area contributed by atoms with E-state index in [0.29, 0.717) is 11.3 Å². The summed E-state index contributed by atoms with van der Waals surface area (Å²) in [5.41, 5.74) is 0.237. The van der Waals surface area contributed by atoms with Gasteiger partial charge in [0.05, 0.1) is 0 Å². The molecule has 4 nitrogen and oxygen atoms in total. The Morgan fingerprint density at radius 2 is 1.91 bits per heavy atom. The molecule has 1 rings (SSSR count). The van der Waals surface area contributed by atoms with Crippen LogP contribution in [0.3, 0.4) is 0 Å². The van der Waals surface area contributed by atoms with Crippen LogP contribution in [0.5, 0.6) is 0 Å². The van der Waals surface area contributed by atoms with Crippen LogP contribution < -0.4 is 11.2 Å². The number of thiol groups is 1. The van der Waals surface area contributed by atoms with Crippen LogP contribution in [0.2, 0.25) is 0 Å². The van der Waals surface area contributed by atoms with Crippen molar-refractivity contribution < 1.29 is 0 Å². The summed E-state index contributed by atoms with van der Waals surface area (Å²) in [4.78, 5) is 23.9. The predicted molar refractivity (Wildman–Crippen MR) is 45.2 cm³/mol. The Labute approximate surface area is 68.4 Å². The smallest absolute Gasteiger partial charge is 0.273 e. The van der Waals surface area contributed by atoms with Gasteiger partial charge in [-0.25, -0.2) is 8.77 Å². The maximum atomic E-state index is 10.9. The van der Waals surface area contributed by atoms with Crippen LogP contribution in [0.1, 0.15) is 11.3 Å². The highest BCUT2D eigenvalue weighted by Gasteiger charge is 2.02. The van der Waals surface area contributed by atoms with Crippen molar-refractivity contribution in [1.29, 1.82) is 0 Å². The second kappa shape index (κ2) is 2.58. The molecule has 0 atom stereocenters. The van der Waals surface area contributed by atoms with Crippen molar-refractivity contribution >= 4 is 12.8 Å². The molecule has 0 radical (unpaired) electrons. The zero-order valence-corrected chi connectivity index (χ0v) is 7.11. The highest BCUT2D eigenvalue weighted by molar-refractivity contribution is 7.78. The van der Waals surface area contributed by atoms with E-state index >= 15 is 0 Å². The van der Waals surface area contributed by atoms with Gasteiger partial charge in [0.25, 0.3) is 5.56 Å². The summed E-state index contributed by atoms with van der Waals surface area (Å²) in [6, 6.07) is 0. The first kappa shape index (κ1) is 8.13. The Bertz CT molecular complexity index is 356. The van der Waals surface area contributed by atoms with E-state index in [1.807, 2.05) is 0 Å². The van der Waals surface area contributed by atoms with E-state index in [0.717, 1.165) is 3.97 Å². The molecule has 0 amide bonds. The van der Waals surface area contributed by atoms with Crippen molar-refractivity contribution in [2.45, 2.75) is 13.8 Å². The molecule has 0 saturated carbocycles. The van der Waals surface area contributed by atoms with E-state index in [4.69, 9.17) is 0 Å². The summed E-state index contributed by atoms with van der Waals surface area (Å²) in [5.74, 6) is 0. The lowest BCUT2D eigenvalue weighted by molar-refractivity contribution is 0.925. The topological polar surface area (TPSA) is 54.9 Å². The summed E-state index contributed by atoms with van der Waals surface area (Å²) >= 11 is 3.86. The number of rotatable bonds is 0. The largest absolute Gasteiger partial charge is 0.338 e. The zero-order valence-electron chi connectivity index (χ0n) is 6.21. The van der Waals surface area contributed by atoms with E-state index in [9.17, 15) is 9.59 Å². The van der Waals surface area contributed by atoms with E-state index < -0.39 is 5.69 Å². The summed E-state index contributed by atoms with van der Waals surface area (Å²) in [6.07, 6.45) is 0. The van der Waals surface area contributed by atoms with Crippen LogP contribution in [0.4, 0.5) is 0 Å². The third-order valence-corrected chi connectivity index (χ3v) is 2.10. The summed E-state index contributed by atoms with van der Waals surface area (Å²) < 4.78 is 1.11. The van der Waals surface area contributed by atoms with Gasteiger partial charge < -0.3 is 0 Å². The van der Waals surface area contributed by atoms with Crippen molar-refractivity contribution in [3.05, 3.63) is 32.1 Å². The fourth-order valence-electron chi connectivity index (χ4n) is 0.719. The lowest BCUT2D eigenvalue weighted by Gasteiger charge is -2.01. The van der Waals surface area contributed by atoms with Crippen molar-refractivity contribution in [2.75, 3.05) is 0 Å². The molecule has 0 saturated heterocycles. The molecule has 0 aliphatic carbocycles. The number of hydrogen-bond acceptors (Lipinski definition) is 3. The average molecular weight is 172 g/mol. The fraction of sp³-hybridized carbons (Fsp3) is 0.333. The molecule has 1 heterocycles. The fourth-order valence-corrected chi connectivity index (χ4v) is 0.919. The van der Waals surface area contributed by atoms with Gasteiger partial charge in [-0.3, -0.25) is 9.78 Å². The Balaban J connectivity index is 3.73. The molecule has 0 spiro atoms. The molecule has 0 aromatic carbocycles. The maximum Gasteiger partial charge on any atom is 0.338 e. The van der Waals surface area contributed by atoms with E-state index in [1.165, 1.54) is 0 Å². The minimum atomic E-state index is -0.499. The number of nitrogens with zero attached hydrogens (tertiary/aromatic N) is 1. The Hall–Kier alpha value is -0.970. The Morgan fingerprint density at radius 1 is 1.36 bits per heavy atom. The quantitative estimate of drug-likeness (QED) is 0.534. The number of hydrogen-bond donors (Lipinski definition) is 2. The predicted octanol–water partition coefficient (Wildman–Crippen LogP) is -0.154. The van der Waals surface area contributed by atoms with Crippen LogP contribution in [0, 0.1) is 13.8 Å². The van der Waals surface area contributed by atoms with Gasteiger partial charge in [-0.05, 0) is 13.8 Å². The standard InChI is InChI=1S/C6H8N2O2S/c1-3-4(2)8(11)6(10)7-5(3)9/h11H,1-2H3,(H,7,9,10). The number of aromatic amines is 1. The summed E-state index contributed by atoms with van der Waals surface area (Å²) in [6.45, 7) is 3.30. The number of H-pyrrole nitrogens is 1. The normalized spacial score (nSPS) is 10.1. The molecule has 0 unspecified atom stereocenters. The molecule has 1 aromatic heterocycles. The van der Waals surface area contributed by atoms with Crippen molar-refractivity contribution in [3.63, 3.8) is 0 Å². The molecule has 0 fully saturated rings. The molecule has 11 heavy (non-hydrogen) atoms. The van der Waals surface area contributed by atoms with Crippen LogP contribution in [-0.2, 0) is 0 Å². The van der Waals surface area contributed by atoms with Gasteiger partial charge in [-0.15, -0.1) is 0 Å². The third kappa shape index (κ3) is 1.23. The SMILES string of the molecule is Cc1c(C)n(S)c(=O)[nH]c1=O. The Morgan fingerprint density at radius 3 is 2.45 bits per heavy atom. The highest BCUT2D eigenvalue weighted by Crippen LogP contribution is 1.96. The van der Waals surface area contributed by atoms with Gasteiger partial charge in [0, 0.05) is 11.3 Å². The zero-order chi connectivity index (χ0) is 8.59. The van der Waals surface area contributed by atoms with Gasteiger partial charge in [0.1, 0.15) is 0 Å². The van der Waals surface area contributed by atoms with Crippen LogP contribution >= 0.6 is 12.8 Å². The summed E-state index contributed by atoms with van der Waals surface area (Å²) in [7, 11) is 0. The minimum absolute atomic E-state index is 0.349. The molecule has 0 aliphatic rings. The monoisotopic (exact) mass is 172 g/mol. The molecule has 5 heteroatoms. The van der Waals surface area contributed by atoms with E-state index in [-0.39, 0.29) is 5.56 Å². The number of nitrogens with one attached hydrogen (secondary N) is 1. The first-order valence-electron chi connectivity index (χ1n) is 3.06.